The van der Waals surface area contributed by atoms with E-state index in [4.69, 9.17) is 5.73 Å². The number of aromatic amines is 1. The summed E-state index contributed by atoms with van der Waals surface area (Å²) in [5.74, 6) is 0.613. The van der Waals surface area contributed by atoms with Gasteiger partial charge in [0, 0.05) is 22.7 Å². The van der Waals surface area contributed by atoms with Gasteiger partial charge in [0.2, 0.25) is 0 Å². The summed E-state index contributed by atoms with van der Waals surface area (Å²) < 4.78 is 0. The minimum atomic E-state index is -0.109. The molecule has 3 nitrogen and oxygen atoms in total. The Hall–Kier alpha value is -1.77. The number of amidine groups is 1. The fraction of sp³-hybridized carbons (Fsp3) is 0.357. The van der Waals surface area contributed by atoms with Crippen LogP contribution >= 0.6 is 0 Å². The summed E-state index contributed by atoms with van der Waals surface area (Å²) in [6.45, 7) is 6.31. The first-order chi connectivity index (χ1) is 8.03. The number of hydrogen-bond acceptors (Lipinski definition) is 1. The van der Waals surface area contributed by atoms with Gasteiger partial charge in [0.25, 0.3) is 0 Å². The lowest BCUT2D eigenvalue weighted by Crippen LogP contribution is -2.23. The Bertz CT molecular complexity index is 549. The number of nitrogens with zero attached hydrogens (tertiary/aromatic N) is 1. The molecule has 2 rings (SSSR count). The topological polar surface area (TPSA) is 54.2 Å². The highest BCUT2D eigenvalue weighted by molar-refractivity contribution is 6.08. The number of nitrogens with two attached hydrogens (primary N) is 1. The van der Waals surface area contributed by atoms with Gasteiger partial charge in [-0.25, -0.2) is 0 Å². The minimum Gasteiger partial charge on any atom is -0.383 e. The van der Waals surface area contributed by atoms with Crippen molar-refractivity contribution in [2.45, 2.75) is 32.7 Å². The molecule has 0 saturated heterocycles. The highest BCUT2D eigenvalue weighted by Crippen LogP contribution is 2.20. The van der Waals surface area contributed by atoms with Crippen molar-refractivity contribution in [3.63, 3.8) is 0 Å². The van der Waals surface area contributed by atoms with E-state index in [0.29, 0.717) is 5.84 Å². The molecule has 2 aromatic rings. The molecule has 0 bridgehead atoms. The molecule has 0 saturated carbocycles. The fourth-order valence-electron chi connectivity index (χ4n) is 1.77. The van der Waals surface area contributed by atoms with Crippen molar-refractivity contribution in [1.29, 1.82) is 0 Å². The first-order valence-electron chi connectivity index (χ1n) is 5.95. The predicted molar refractivity (Wildman–Crippen MR) is 73.4 cm³/mol. The third-order valence-electron chi connectivity index (χ3n) is 3.16. The quantitative estimate of drug-likeness (QED) is 0.617. The molecular formula is C14H19N3. The second kappa shape index (κ2) is 4.24. The fourth-order valence-corrected chi connectivity index (χ4v) is 1.77. The maximum absolute atomic E-state index is 6.12. The van der Waals surface area contributed by atoms with Gasteiger partial charge >= 0.3 is 0 Å². The maximum Gasteiger partial charge on any atom is 0.126 e. The van der Waals surface area contributed by atoms with Crippen molar-refractivity contribution in [2.24, 2.45) is 10.7 Å². The van der Waals surface area contributed by atoms with Gasteiger partial charge in [0.1, 0.15) is 5.84 Å². The van der Waals surface area contributed by atoms with Gasteiger partial charge in [-0.15, -0.1) is 0 Å². The molecule has 0 fully saturated rings. The molecule has 0 spiro atoms. The van der Waals surface area contributed by atoms with E-state index in [9.17, 15) is 0 Å². The molecule has 0 aliphatic heterocycles. The van der Waals surface area contributed by atoms with Crippen molar-refractivity contribution in [1.82, 2.24) is 4.98 Å². The van der Waals surface area contributed by atoms with Crippen LogP contribution in [0.25, 0.3) is 10.9 Å². The average molecular weight is 229 g/mol. The maximum atomic E-state index is 6.12. The van der Waals surface area contributed by atoms with E-state index < -0.39 is 0 Å². The van der Waals surface area contributed by atoms with Crippen LogP contribution in [0.3, 0.4) is 0 Å². The van der Waals surface area contributed by atoms with Crippen LogP contribution in [0, 0.1) is 0 Å². The molecule has 17 heavy (non-hydrogen) atoms. The number of H-pyrrole nitrogens is 1. The van der Waals surface area contributed by atoms with Crippen molar-refractivity contribution in [3.8, 4) is 0 Å². The average Bonchev–Trinajstić information content (AvgIpc) is 2.76. The van der Waals surface area contributed by atoms with Gasteiger partial charge < -0.3 is 10.7 Å². The molecular weight excluding hydrogens is 210 g/mol. The third-order valence-corrected chi connectivity index (χ3v) is 3.16. The van der Waals surface area contributed by atoms with Gasteiger partial charge in [-0.2, -0.15) is 0 Å². The molecule has 0 amide bonds. The van der Waals surface area contributed by atoms with E-state index >= 15 is 0 Å². The number of fused-ring (bicyclic) bond motifs is 1. The lowest BCUT2D eigenvalue weighted by Gasteiger charge is -2.18. The van der Waals surface area contributed by atoms with Crippen LogP contribution in [0.5, 0.6) is 0 Å². The van der Waals surface area contributed by atoms with E-state index in [-0.39, 0.29) is 5.54 Å². The molecule has 0 radical (unpaired) electrons. The Morgan fingerprint density at radius 1 is 1.35 bits per heavy atom. The van der Waals surface area contributed by atoms with Gasteiger partial charge in [-0.3, -0.25) is 4.99 Å². The summed E-state index contributed by atoms with van der Waals surface area (Å²) in [6, 6.07) is 8.08. The third kappa shape index (κ3) is 2.33. The molecule has 0 aliphatic carbocycles. The molecule has 0 aliphatic rings. The Morgan fingerprint density at radius 3 is 2.82 bits per heavy atom. The lowest BCUT2D eigenvalue weighted by atomic mass is 10.0. The summed E-state index contributed by atoms with van der Waals surface area (Å²) in [5.41, 5.74) is 8.11. The van der Waals surface area contributed by atoms with E-state index in [0.717, 1.165) is 22.9 Å². The van der Waals surface area contributed by atoms with Crippen LogP contribution in [-0.2, 0) is 0 Å². The summed E-state index contributed by atoms with van der Waals surface area (Å²) in [5, 5.41) is 1.13. The lowest BCUT2D eigenvalue weighted by molar-refractivity contribution is 0.505. The number of nitrogens with one attached hydrogen (secondary N) is 1. The zero-order valence-corrected chi connectivity index (χ0v) is 10.6. The van der Waals surface area contributed by atoms with E-state index in [1.807, 2.05) is 30.5 Å². The largest absolute Gasteiger partial charge is 0.383 e. The van der Waals surface area contributed by atoms with Crippen LogP contribution in [0.15, 0.2) is 35.5 Å². The van der Waals surface area contributed by atoms with Crippen LogP contribution in [0.1, 0.15) is 32.8 Å². The number of hydrogen-bond donors (Lipinski definition) is 2. The van der Waals surface area contributed by atoms with Crippen molar-refractivity contribution >= 4 is 16.7 Å². The summed E-state index contributed by atoms with van der Waals surface area (Å²) in [7, 11) is 0. The van der Waals surface area contributed by atoms with Crippen LogP contribution in [0.2, 0.25) is 0 Å². The first kappa shape index (κ1) is 11.7. The van der Waals surface area contributed by atoms with Crippen LogP contribution < -0.4 is 5.73 Å². The molecule has 1 aromatic carbocycles. The van der Waals surface area contributed by atoms with Crippen LogP contribution in [-0.4, -0.2) is 16.4 Å². The number of aliphatic imine (C=N–C) groups is 1. The SMILES string of the molecule is CCC(C)(C)N=C(N)c1cccc2[nH]ccc12. The summed E-state index contributed by atoms with van der Waals surface area (Å²) in [4.78, 5) is 7.79. The van der Waals surface area contributed by atoms with Gasteiger partial charge in [0.05, 0.1) is 5.54 Å². The number of aromatic nitrogens is 1. The highest BCUT2D eigenvalue weighted by Gasteiger charge is 2.15. The standard InChI is InChI=1S/C14H19N3/c1-4-14(2,3)17-13(15)11-6-5-7-12-10(11)8-9-16-12/h5-9,16H,4H2,1-3H3,(H2,15,17). The smallest absolute Gasteiger partial charge is 0.126 e. The van der Waals surface area contributed by atoms with Gasteiger partial charge in [-0.1, -0.05) is 19.1 Å². The van der Waals surface area contributed by atoms with E-state index in [1.165, 1.54) is 0 Å². The van der Waals surface area contributed by atoms with Crippen molar-refractivity contribution in [3.05, 3.63) is 36.0 Å². The highest BCUT2D eigenvalue weighted by atomic mass is 14.9. The monoisotopic (exact) mass is 229 g/mol. The van der Waals surface area contributed by atoms with Gasteiger partial charge in [0.15, 0.2) is 0 Å². The molecule has 3 N–H and O–H groups in total. The Kier molecular flexibility index (Phi) is 2.92. The normalized spacial score (nSPS) is 13.2. The Balaban J connectivity index is 2.50. The number of rotatable bonds is 3. The summed E-state index contributed by atoms with van der Waals surface area (Å²) in [6.07, 6.45) is 2.89. The van der Waals surface area contributed by atoms with Gasteiger partial charge in [-0.05, 0) is 32.4 Å². The second-order valence-electron chi connectivity index (χ2n) is 4.91. The van der Waals surface area contributed by atoms with Crippen molar-refractivity contribution < 1.29 is 0 Å². The molecule has 90 valence electrons. The minimum absolute atomic E-state index is 0.109. The van der Waals surface area contributed by atoms with Crippen LogP contribution in [0.4, 0.5) is 0 Å². The second-order valence-corrected chi connectivity index (χ2v) is 4.91. The first-order valence-corrected chi connectivity index (χ1v) is 5.95. The van der Waals surface area contributed by atoms with Crippen molar-refractivity contribution in [2.75, 3.05) is 0 Å². The summed E-state index contributed by atoms with van der Waals surface area (Å²) >= 11 is 0. The molecule has 3 heteroatoms. The Morgan fingerprint density at radius 2 is 2.12 bits per heavy atom. The van der Waals surface area contributed by atoms with E-state index in [2.05, 4.69) is 30.7 Å². The zero-order chi connectivity index (χ0) is 12.5. The predicted octanol–water partition coefficient (Wildman–Crippen LogP) is 3.06. The molecule has 0 atom stereocenters. The molecule has 0 unspecified atom stereocenters. The zero-order valence-electron chi connectivity index (χ0n) is 10.6. The molecule has 1 heterocycles. The molecule has 1 aromatic heterocycles. The Labute approximate surface area is 102 Å². The van der Waals surface area contributed by atoms with E-state index in [1.54, 1.807) is 0 Å². The number of benzene rings is 1.